The van der Waals surface area contributed by atoms with Crippen molar-refractivity contribution in [2.75, 3.05) is 13.7 Å². The van der Waals surface area contributed by atoms with Gasteiger partial charge in [0.2, 0.25) is 0 Å². The second kappa shape index (κ2) is 7.23. The molecule has 1 aromatic rings. The van der Waals surface area contributed by atoms with Crippen molar-refractivity contribution in [1.29, 1.82) is 0 Å². The molecular formula is C17H28N2O2. The first-order chi connectivity index (χ1) is 10.1. The fraction of sp³-hybridized carbons (Fsp3) is 0.706. The summed E-state index contributed by atoms with van der Waals surface area (Å²) in [6.45, 7) is 7.10. The SMILES string of the molecule is CCNC(c1cncc(OC(C)C)c1)C1(OC)CCCC1. The summed E-state index contributed by atoms with van der Waals surface area (Å²) < 4.78 is 11.7. The monoisotopic (exact) mass is 292 g/mol. The van der Waals surface area contributed by atoms with Crippen molar-refractivity contribution in [2.24, 2.45) is 0 Å². The molecule has 2 rings (SSSR count). The summed E-state index contributed by atoms with van der Waals surface area (Å²) in [4.78, 5) is 4.36. The van der Waals surface area contributed by atoms with E-state index in [1.54, 1.807) is 6.20 Å². The molecule has 1 unspecified atom stereocenters. The minimum atomic E-state index is -0.117. The third-order valence-electron chi connectivity index (χ3n) is 4.23. The molecule has 1 saturated carbocycles. The molecule has 0 radical (unpaired) electrons. The van der Waals surface area contributed by atoms with Gasteiger partial charge in [-0.2, -0.15) is 0 Å². The Morgan fingerprint density at radius 2 is 2.00 bits per heavy atom. The van der Waals surface area contributed by atoms with Crippen LogP contribution in [-0.4, -0.2) is 30.3 Å². The van der Waals surface area contributed by atoms with Gasteiger partial charge in [0.25, 0.3) is 0 Å². The lowest BCUT2D eigenvalue weighted by atomic mass is 9.87. The number of hydrogen-bond acceptors (Lipinski definition) is 4. The summed E-state index contributed by atoms with van der Waals surface area (Å²) in [7, 11) is 1.83. The normalized spacial score (nSPS) is 18.9. The van der Waals surface area contributed by atoms with Crippen LogP contribution < -0.4 is 10.1 Å². The van der Waals surface area contributed by atoms with Gasteiger partial charge >= 0.3 is 0 Å². The van der Waals surface area contributed by atoms with E-state index in [1.807, 2.05) is 27.2 Å². The molecule has 1 aromatic heterocycles. The molecule has 0 aliphatic heterocycles. The van der Waals surface area contributed by atoms with Crippen LogP contribution in [0.5, 0.6) is 5.75 Å². The average Bonchev–Trinajstić information content (AvgIpc) is 2.94. The maximum atomic E-state index is 5.96. The Labute approximate surface area is 128 Å². The topological polar surface area (TPSA) is 43.4 Å². The van der Waals surface area contributed by atoms with Gasteiger partial charge in [0.1, 0.15) is 5.75 Å². The summed E-state index contributed by atoms with van der Waals surface area (Å²) in [5, 5.41) is 3.59. The van der Waals surface area contributed by atoms with Gasteiger partial charge in [0.05, 0.1) is 23.9 Å². The van der Waals surface area contributed by atoms with Crippen LogP contribution >= 0.6 is 0 Å². The van der Waals surface area contributed by atoms with Crippen LogP contribution in [0.25, 0.3) is 0 Å². The fourth-order valence-corrected chi connectivity index (χ4v) is 3.33. The van der Waals surface area contributed by atoms with E-state index in [2.05, 4.69) is 23.3 Å². The van der Waals surface area contributed by atoms with Crippen molar-refractivity contribution >= 4 is 0 Å². The van der Waals surface area contributed by atoms with Crippen LogP contribution in [0.1, 0.15) is 58.1 Å². The Balaban J connectivity index is 2.29. The predicted octanol–water partition coefficient (Wildman–Crippen LogP) is 3.48. The number of methoxy groups -OCH3 is 1. The molecule has 1 aliphatic rings. The second-order valence-corrected chi connectivity index (χ2v) is 6.09. The number of nitrogens with one attached hydrogen (secondary N) is 1. The van der Waals surface area contributed by atoms with Crippen LogP contribution in [0, 0.1) is 0 Å². The molecule has 4 nitrogen and oxygen atoms in total. The Kier molecular flexibility index (Phi) is 5.59. The number of rotatable bonds is 7. The van der Waals surface area contributed by atoms with E-state index in [-0.39, 0.29) is 17.7 Å². The summed E-state index contributed by atoms with van der Waals surface area (Å²) in [5.41, 5.74) is 1.03. The molecule has 4 heteroatoms. The van der Waals surface area contributed by atoms with Gasteiger partial charge in [-0.3, -0.25) is 4.98 Å². The number of ether oxygens (including phenoxy) is 2. The minimum Gasteiger partial charge on any atom is -0.489 e. The highest BCUT2D eigenvalue weighted by molar-refractivity contribution is 5.28. The lowest BCUT2D eigenvalue weighted by Gasteiger charge is -2.37. The molecule has 118 valence electrons. The number of pyridine rings is 1. The molecule has 0 saturated heterocycles. The number of likely N-dealkylation sites (N-methyl/N-ethyl adjacent to an activating group) is 1. The zero-order valence-corrected chi connectivity index (χ0v) is 13.7. The standard InChI is InChI=1S/C17H28N2O2/c1-5-19-16(17(20-4)8-6-7-9-17)14-10-15(12-18-11-14)21-13(2)3/h10-13,16,19H,5-9H2,1-4H3. The maximum Gasteiger partial charge on any atom is 0.138 e. The highest BCUT2D eigenvalue weighted by atomic mass is 16.5. The number of nitrogens with zero attached hydrogens (tertiary/aromatic N) is 1. The van der Waals surface area contributed by atoms with E-state index in [1.165, 1.54) is 12.8 Å². The highest BCUT2D eigenvalue weighted by Gasteiger charge is 2.42. The third-order valence-corrected chi connectivity index (χ3v) is 4.23. The smallest absolute Gasteiger partial charge is 0.138 e. The fourth-order valence-electron chi connectivity index (χ4n) is 3.33. The number of aromatic nitrogens is 1. The molecule has 1 fully saturated rings. The zero-order chi connectivity index (χ0) is 15.3. The van der Waals surface area contributed by atoms with Gasteiger partial charge in [-0.15, -0.1) is 0 Å². The van der Waals surface area contributed by atoms with Crippen LogP contribution in [0.4, 0.5) is 0 Å². The van der Waals surface area contributed by atoms with Gasteiger partial charge in [-0.05, 0) is 44.9 Å². The van der Waals surface area contributed by atoms with E-state index in [9.17, 15) is 0 Å². The molecule has 1 N–H and O–H groups in total. The average molecular weight is 292 g/mol. The van der Waals surface area contributed by atoms with E-state index in [0.29, 0.717) is 0 Å². The molecule has 0 aromatic carbocycles. The predicted molar refractivity (Wildman–Crippen MR) is 84.6 cm³/mol. The lowest BCUT2D eigenvalue weighted by molar-refractivity contribution is -0.0365. The summed E-state index contributed by atoms with van der Waals surface area (Å²) in [6.07, 6.45) is 8.51. The van der Waals surface area contributed by atoms with Crippen molar-refractivity contribution in [3.05, 3.63) is 24.0 Å². The first-order valence-corrected chi connectivity index (χ1v) is 8.01. The molecule has 0 amide bonds. The van der Waals surface area contributed by atoms with Crippen LogP contribution in [-0.2, 0) is 4.74 Å². The zero-order valence-electron chi connectivity index (χ0n) is 13.7. The molecule has 1 atom stereocenters. The van der Waals surface area contributed by atoms with Crippen molar-refractivity contribution < 1.29 is 9.47 Å². The Hall–Kier alpha value is -1.13. The van der Waals surface area contributed by atoms with Gasteiger partial charge < -0.3 is 14.8 Å². The van der Waals surface area contributed by atoms with Gasteiger partial charge in [-0.25, -0.2) is 0 Å². The summed E-state index contributed by atoms with van der Waals surface area (Å²) in [5.74, 6) is 0.828. The van der Waals surface area contributed by atoms with E-state index < -0.39 is 0 Å². The largest absolute Gasteiger partial charge is 0.489 e. The Bertz CT molecular complexity index is 442. The molecule has 21 heavy (non-hydrogen) atoms. The van der Waals surface area contributed by atoms with Crippen molar-refractivity contribution in [2.45, 2.75) is 64.2 Å². The highest BCUT2D eigenvalue weighted by Crippen LogP contribution is 2.42. The van der Waals surface area contributed by atoms with Crippen molar-refractivity contribution in [1.82, 2.24) is 10.3 Å². The molecular weight excluding hydrogens is 264 g/mol. The quantitative estimate of drug-likeness (QED) is 0.835. The van der Waals surface area contributed by atoms with Gasteiger partial charge in [0, 0.05) is 13.3 Å². The maximum absolute atomic E-state index is 5.96. The Morgan fingerprint density at radius 1 is 1.29 bits per heavy atom. The van der Waals surface area contributed by atoms with E-state index in [0.717, 1.165) is 30.7 Å². The van der Waals surface area contributed by atoms with Gasteiger partial charge in [0.15, 0.2) is 0 Å². The summed E-state index contributed by atoms with van der Waals surface area (Å²) >= 11 is 0. The van der Waals surface area contributed by atoms with Crippen molar-refractivity contribution in [3.8, 4) is 5.75 Å². The van der Waals surface area contributed by atoms with E-state index >= 15 is 0 Å². The minimum absolute atomic E-state index is 0.117. The van der Waals surface area contributed by atoms with Crippen molar-refractivity contribution in [3.63, 3.8) is 0 Å². The Morgan fingerprint density at radius 3 is 2.57 bits per heavy atom. The molecule has 0 bridgehead atoms. The van der Waals surface area contributed by atoms with Crippen LogP contribution in [0.2, 0.25) is 0 Å². The second-order valence-electron chi connectivity index (χ2n) is 6.09. The molecule has 0 spiro atoms. The molecule has 1 aliphatic carbocycles. The van der Waals surface area contributed by atoms with Gasteiger partial charge in [-0.1, -0.05) is 19.8 Å². The third kappa shape index (κ3) is 3.74. The van der Waals surface area contributed by atoms with Crippen LogP contribution in [0.15, 0.2) is 18.5 Å². The first kappa shape index (κ1) is 16.2. The first-order valence-electron chi connectivity index (χ1n) is 8.01. The lowest BCUT2D eigenvalue weighted by Crippen LogP contribution is -2.43. The van der Waals surface area contributed by atoms with E-state index in [4.69, 9.17) is 9.47 Å². The number of hydrogen-bond donors (Lipinski definition) is 1. The molecule has 1 heterocycles. The van der Waals surface area contributed by atoms with Crippen LogP contribution in [0.3, 0.4) is 0 Å². The summed E-state index contributed by atoms with van der Waals surface area (Å²) in [6, 6.07) is 2.26.